The summed E-state index contributed by atoms with van der Waals surface area (Å²) in [4.78, 5) is 11.6. The number of nitrogens with one attached hydrogen (secondary N) is 1. The van der Waals surface area contributed by atoms with Crippen molar-refractivity contribution in [3.8, 4) is 11.5 Å². The molecule has 1 aromatic heterocycles. The van der Waals surface area contributed by atoms with Gasteiger partial charge in [-0.05, 0) is 42.0 Å². The number of benzene rings is 2. The normalized spacial score (nSPS) is 13.6. The van der Waals surface area contributed by atoms with Gasteiger partial charge in [0.25, 0.3) is 0 Å². The highest BCUT2D eigenvalue weighted by atomic mass is 16.5. The quantitative estimate of drug-likeness (QED) is 0.706. The van der Waals surface area contributed by atoms with Crippen LogP contribution in [0, 0.1) is 0 Å². The summed E-state index contributed by atoms with van der Waals surface area (Å²) in [5, 5.41) is 3.26. The van der Waals surface area contributed by atoms with Gasteiger partial charge in [0.1, 0.15) is 11.5 Å². The van der Waals surface area contributed by atoms with Gasteiger partial charge in [0.05, 0.1) is 19.9 Å². The molecule has 0 atom stereocenters. The van der Waals surface area contributed by atoms with Crippen LogP contribution in [-0.2, 0) is 19.5 Å². The number of aromatic nitrogens is 2. The molecule has 1 aliphatic rings. The molecule has 3 aromatic rings. The van der Waals surface area contributed by atoms with Crippen LogP contribution >= 0.6 is 0 Å². The van der Waals surface area contributed by atoms with E-state index in [2.05, 4.69) is 27.3 Å². The molecule has 4 rings (SSSR count). The lowest BCUT2D eigenvalue weighted by Crippen LogP contribution is -2.31. The fourth-order valence-electron chi connectivity index (χ4n) is 3.36. The Hall–Kier alpha value is -3.12. The van der Waals surface area contributed by atoms with E-state index in [0.29, 0.717) is 5.95 Å². The molecule has 0 aliphatic carbocycles. The number of nitrogens with zero attached hydrogens (tertiary/aromatic N) is 3. The largest absolute Gasteiger partial charge is 0.497 e. The summed E-state index contributed by atoms with van der Waals surface area (Å²) >= 11 is 0. The van der Waals surface area contributed by atoms with Crippen molar-refractivity contribution in [2.45, 2.75) is 19.5 Å². The Balaban J connectivity index is 1.40. The molecule has 0 saturated carbocycles. The van der Waals surface area contributed by atoms with E-state index in [1.165, 1.54) is 11.1 Å². The lowest BCUT2D eigenvalue weighted by Gasteiger charge is -2.28. The van der Waals surface area contributed by atoms with Crippen molar-refractivity contribution in [2.75, 3.05) is 26.1 Å². The average molecular weight is 376 g/mol. The first kappa shape index (κ1) is 18.3. The molecular formula is C22H24N4O2. The van der Waals surface area contributed by atoms with E-state index in [1.54, 1.807) is 14.2 Å². The van der Waals surface area contributed by atoms with Crippen LogP contribution in [0.1, 0.15) is 16.8 Å². The van der Waals surface area contributed by atoms with Crippen LogP contribution < -0.4 is 14.8 Å². The van der Waals surface area contributed by atoms with Crippen molar-refractivity contribution in [1.82, 2.24) is 14.9 Å². The minimum absolute atomic E-state index is 0.632. The number of fused-ring (bicyclic) bond motifs is 1. The first-order chi connectivity index (χ1) is 13.7. The fraction of sp³-hybridized carbons (Fsp3) is 0.273. The smallest absolute Gasteiger partial charge is 0.227 e. The maximum Gasteiger partial charge on any atom is 0.227 e. The molecule has 1 aliphatic heterocycles. The molecule has 0 saturated heterocycles. The highest BCUT2D eigenvalue weighted by molar-refractivity contribution is 5.54. The lowest BCUT2D eigenvalue weighted by atomic mass is 10.1. The summed E-state index contributed by atoms with van der Waals surface area (Å²) < 4.78 is 10.4. The van der Waals surface area contributed by atoms with Gasteiger partial charge in [0, 0.05) is 43.5 Å². The zero-order valence-corrected chi connectivity index (χ0v) is 16.2. The molecule has 0 fully saturated rings. The molecular weight excluding hydrogens is 352 g/mol. The lowest BCUT2D eigenvalue weighted by molar-refractivity contribution is 0.243. The van der Waals surface area contributed by atoms with Gasteiger partial charge in [0.2, 0.25) is 5.95 Å². The maximum absolute atomic E-state index is 5.23. The Morgan fingerprint density at radius 3 is 2.32 bits per heavy atom. The minimum Gasteiger partial charge on any atom is -0.497 e. The van der Waals surface area contributed by atoms with Crippen LogP contribution in [0.4, 0.5) is 11.6 Å². The van der Waals surface area contributed by atoms with E-state index in [-0.39, 0.29) is 0 Å². The Morgan fingerprint density at radius 2 is 1.64 bits per heavy atom. The van der Waals surface area contributed by atoms with Gasteiger partial charge in [-0.1, -0.05) is 12.1 Å². The Kier molecular flexibility index (Phi) is 5.39. The van der Waals surface area contributed by atoms with E-state index in [9.17, 15) is 0 Å². The van der Waals surface area contributed by atoms with Gasteiger partial charge in [-0.25, -0.2) is 9.97 Å². The summed E-state index contributed by atoms with van der Waals surface area (Å²) in [6.07, 6.45) is 2.86. The molecule has 0 amide bonds. The second-order valence-electron chi connectivity index (χ2n) is 6.83. The van der Waals surface area contributed by atoms with Gasteiger partial charge >= 0.3 is 0 Å². The molecule has 28 heavy (non-hydrogen) atoms. The molecule has 1 N–H and O–H groups in total. The monoisotopic (exact) mass is 376 g/mol. The molecule has 2 heterocycles. The maximum atomic E-state index is 5.23. The number of anilines is 2. The van der Waals surface area contributed by atoms with Crippen LogP contribution in [0.5, 0.6) is 11.5 Å². The Bertz CT molecular complexity index is 926. The zero-order chi connectivity index (χ0) is 19.3. The highest BCUT2D eigenvalue weighted by Crippen LogP contribution is 2.22. The number of hydrogen-bond acceptors (Lipinski definition) is 6. The molecule has 6 nitrogen and oxygen atoms in total. The van der Waals surface area contributed by atoms with E-state index in [0.717, 1.165) is 48.9 Å². The second-order valence-corrected chi connectivity index (χ2v) is 6.83. The van der Waals surface area contributed by atoms with E-state index >= 15 is 0 Å². The van der Waals surface area contributed by atoms with Crippen LogP contribution in [0.15, 0.2) is 54.7 Å². The Labute approximate surface area is 165 Å². The fourth-order valence-corrected chi connectivity index (χ4v) is 3.36. The van der Waals surface area contributed by atoms with Gasteiger partial charge < -0.3 is 14.8 Å². The minimum atomic E-state index is 0.632. The predicted octanol–water partition coefficient (Wildman–Crippen LogP) is 3.80. The third kappa shape index (κ3) is 4.23. The number of hydrogen-bond donors (Lipinski definition) is 1. The topological polar surface area (TPSA) is 59.5 Å². The van der Waals surface area contributed by atoms with Crippen molar-refractivity contribution < 1.29 is 9.47 Å². The third-order valence-electron chi connectivity index (χ3n) is 4.92. The number of methoxy groups -OCH3 is 2. The number of rotatable bonds is 6. The number of ether oxygens (including phenoxy) is 2. The second kappa shape index (κ2) is 8.27. The average Bonchev–Trinajstić information content (AvgIpc) is 2.75. The third-order valence-corrected chi connectivity index (χ3v) is 4.92. The van der Waals surface area contributed by atoms with Crippen molar-refractivity contribution in [2.24, 2.45) is 0 Å². The van der Waals surface area contributed by atoms with Crippen LogP contribution in [-0.4, -0.2) is 35.6 Å². The molecule has 6 heteroatoms. The highest BCUT2D eigenvalue weighted by Gasteiger charge is 2.18. The van der Waals surface area contributed by atoms with Crippen molar-refractivity contribution in [1.29, 1.82) is 0 Å². The van der Waals surface area contributed by atoms with Crippen LogP contribution in [0.3, 0.4) is 0 Å². The van der Waals surface area contributed by atoms with E-state index in [1.807, 2.05) is 42.6 Å². The molecule has 0 radical (unpaired) electrons. The summed E-state index contributed by atoms with van der Waals surface area (Å²) in [5.74, 6) is 2.35. The summed E-state index contributed by atoms with van der Waals surface area (Å²) in [7, 11) is 3.35. The molecule has 0 bridgehead atoms. The van der Waals surface area contributed by atoms with Crippen molar-refractivity contribution in [3.63, 3.8) is 0 Å². The van der Waals surface area contributed by atoms with Crippen molar-refractivity contribution in [3.05, 3.63) is 71.5 Å². The summed E-state index contributed by atoms with van der Waals surface area (Å²) in [6, 6.07) is 16.0. The first-order valence-electron chi connectivity index (χ1n) is 9.34. The van der Waals surface area contributed by atoms with Crippen LogP contribution in [0.2, 0.25) is 0 Å². The van der Waals surface area contributed by atoms with Gasteiger partial charge in [-0.15, -0.1) is 0 Å². The standard InChI is InChI=1S/C22H24N4O2/c1-27-19-7-3-16(4-8-19)14-26-12-11-21-17(15-26)13-23-22(25-21)24-18-5-9-20(28-2)10-6-18/h3-10,13H,11-12,14-15H2,1-2H3,(H,23,24,25). The Morgan fingerprint density at radius 1 is 0.964 bits per heavy atom. The summed E-state index contributed by atoms with van der Waals surface area (Å²) in [6.45, 7) is 2.76. The van der Waals surface area contributed by atoms with E-state index < -0.39 is 0 Å². The van der Waals surface area contributed by atoms with Gasteiger partial charge in [-0.3, -0.25) is 4.90 Å². The van der Waals surface area contributed by atoms with Crippen LogP contribution in [0.25, 0.3) is 0 Å². The molecule has 0 spiro atoms. The summed E-state index contributed by atoms with van der Waals surface area (Å²) in [5.41, 5.74) is 4.54. The first-order valence-corrected chi connectivity index (χ1v) is 9.34. The molecule has 0 unspecified atom stereocenters. The predicted molar refractivity (Wildman–Crippen MR) is 109 cm³/mol. The van der Waals surface area contributed by atoms with Gasteiger partial charge in [0.15, 0.2) is 0 Å². The molecule has 2 aromatic carbocycles. The van der Waals surface area contributed by atoms with Gasteiger partial charge in [-0.2, -0.15) is 0 Å². The SMILES string of the molecule is COc1ccc(CN2CCc3nc(Nc4ccc(OC)cc4)ncc3C2)cc1. The zero-order valence-electron chi connectivity index (χ0n) is 16.2. The van der Waals surface area contributed by atoms with Crippen molar-refractivity contribution >= 4 is 11.6 Å². The van der Waals surface area contributed by atoms with E-state index in [4.69, 9.17) is 14.5 Å². The molecule has 144 valence electrons.